The van der Waals surface area contributed by atoms with Crippen molar-refractivity contribution in [2.45, 2.75) is 39.7 Å². The summed E-state index contributed by atoms with van der Waals surface area (Å²) in [5, 5.41) is 10.2. The van der Waals surface area contributed by atoms with E-state index in [0.717, 1.165) is 24.0 Å². The molecule has 0 aliphatic heterocycles. The SMILES string of the molecule is CCCC(C)C(O)c1c(C)ccnc1N. The number of aromatic nitrogens is 1. The molecule has 84 valence electrons. The summed E-state index contributed by atoms with van der Waals surface area (Å²) in [5.74, 6) is 0.672. The lowest BCUT2D eigenvalue weighted by Crippen LogP contribution is -2.13. The van der Waals surface area contributed by atoms with Crippen LogP contribution < -0.4 is 5.73 Å². The Morgan fingerprint density at radius 1 is 1.53 bits per heavy atom. The van der Waals surface area contributed by atoms with Gasteiger partial charge in [-0.1, -0.05) is 20.3 Å². The Morgan fingerprint density at radius 2 is 2.20 bits per heavy atom. The Morgan fingerprint density at radius 3 is 2.73 bits per heavy atom. The molecule has 0 radical (unpaired) electrons. The summed E-state index contributed by atoms with van der Waals surface area (Å²) in [5.41, 5.74) is 7.59. The van der Waals surface area contributed by atoms with E-state index >= 15 is 0 Å². The van der Waals surface area contributed by atoms with E-state index < -0.39 is 6.10 Å². The van der Waals surface area contributed by atoms with Crippen LogP contribution in [0, 0.1) is 12.8 Å². The maximum absolute atomic E-state index is 10.2. The van der Waals surface area contributed by atoms with Crippen molar-refractivity contribution < 1.29 is 5.11 Å². The molecule has 3 heteroatoms. The number of nitrogen functional groups attached to an aromatic ring is 1. The molecule has 1 heterocycles. The van der Waals surface area contributed by atoms with Gasteiger partial charge in [-0.15, -0.1) is 0 Å². The van der Waals surface area contributed by atoms with Gasteiger partial charge in [0.25, 0.3) is 0 Å². The molecule has 0 aromatic carbocycles. The van der Waals surface area contributed by atoms with Crippen LogP contribution in [0.4, 0.5) is 5.82 Å². The van der Waals surface area contributed by atoms with Crippen LogP contribution in [0.5, 0.6) is 0 Å². The van der Waals surface area contributed by atoms with Crippen molar-refractivity contribution in [3.63, 3.8) is 0 Å². The number of hydrogen-bond donors (Lipinski definition) is 2. The number of nitrogens with two attached hydrogens (primary N) is 1. The maximum atomic E-state index is 10.2. The molecule has 0 fully saturated rings. The van der Waals surface area contributed by atoms with Crippen molar-refractivity contribution in [2.75, 3.05) is 5.73 Å². The van der Waals surface area contributed by atoms with Crippen LogP contribution in [-0.2, 0) is 0 Å². The molecule has 0 saturated carbocycles. The normalized spacial score (nSPS) is 14.9. The monoisotopic (exact) mass is 208 g/mol. The van der Waals surface area contributed by atoms with Crippen LogP contribution >= 0.6 is 0 Å². The molecule has 0 bridgehead atoms. The zero-order valence-electron chi connectivity index (χ0n) is 9.70. The molecule has 0 saturated heterocycles. The van der Waals surface area contributed by atoms with Gasteiger partial charge in [0.15, 0.2) is 0 Å². The summed E-state index contributed by atoms with van der Waals surface area (Å²) >= 11 is 0. The van der Waals surface area contributed by atoms with Gasteiger partial charge in [-0.2, -0.15) is 0 Å². The summed E-state index contributed by atoms with van der Waals surface area (Å²) in [7, 11) is 0. The first-order chi connectivity index (χ1) is 7.07. The quantitative estimate of drug-likeness (QED) is 0.799. The molecular formula is C12H20N2O. The minimum Gasteiger partial charge on any atom is -0.388 e. The van der Waals surface area contributed by atoms with Crippen molar-refractivity contribution >= 4 is 5.82 Å². The number of aryl methyl sites for hydroxylation is 1. The minimum atomic E-state index is -0.501. The van der Waals surface area contributed by atoms with Gasteiger partial charge in [-0.05, 0) is 30.9 Å². The van der Waals surface area contributed by atoms with Gasteiger partial charge in [-0.25, -0.2) is 4.98 Å². The largest absolute Gasteiger partial charge is 0.388 e. The van der Waals surface area contributed by atoms with E-state index in [1.54, 1.807) is 6.20 Å². The van der Waals surface area contributed by atoms with Gasteiger partial charge in [0, 0.05) is 11.8 Å². The first kappa shape index (κ1) is 12.0. The smallest absolute Gasteiger partial charge is 0.129 e. The van der Waals surface area contributed by atoms with Crippen molar-refractivity contribution in [1.82, 2.24) is 4.98 Å². The third-order valence-electron chi connectivity index (χ3n) is 2.82. The molecule has 0 aliphatic rings. The average Bonchev–Trinajstić information content (AvgIpc) is 2.17. The fourth-order valence-corrected chi connectivity index (χ4v) is 1.87. The first-order valence-electron chi connectivity index (χ1n) is 5.47. The highest BCUT2D eigenvalue weighted by molar-refractivity contribution is 5.45. The predicted molar refractivity (Wildman–Crippen MR) is 62.4 cm³/mol. The number of anilines is 1. The van der Waals surface area contributed by atoms with E-state index in [-0.39, 0.29) is 5.92 Å². The molecular weight excluding hydrogens is 188 g/mol. The van der Waals surface area contributed by atoms with E-state index in [0.29, 0.717) is 5.82 Å². The van der Waals surface area contributed by atoms with Crippen molar-refractivity contribution in [3.05, 3.63) is 23.4 Å². The predicted octanol–water partition coefficient (Wildman–Crippen LogP) is 2.44. The molecule has 2 atom stereocenters. The number of aliphatic hydroxyl groups excluding tert-OH is 1. The minimum absolute atomic E-state index is 0.222. The van der Waals surface area contributed by atoms with E-state index in [9.17, 15) is 5.11 Å². The molecule has 3 N–H and O–H groups in total. The number of aliphatic hydroxyl groups is 1. The van der Waals surface area contributed by atoms with E-state index in [1.807, 2.05) is 19.9 Å². The molecule has 1 rings (SSSR count). The van der Waals surface area contributed by atoms with Crippen molar-refractivity contribution in [3.8, 4) is 0 Å². The molecule has 0 amide bonds. The van der Waals surface area contributed by atoms with Crippen LogP contribution in [0.2, 0.25) is 0 Å². The first-order valence-corrected chi connectivity index (χ1v) is 5.47. The number of nitrogens with zero attached hydrogens (tertiary/aromatic N) is 1. The maximum Gasteiger partial charge on any atom is 0.129 e. The van der Waals surface area contributed by atoms with Gasteiger partial charge in [0.05, 0.1) is 6.10 Å². The van der Waals surface area contributed by atoms with Gasteiger partial charge < -0.3 is 10.8 Å². The lowest BCUT2D eigenvalue weighted by atomic mass is 9.91. The van der Waals surface area contributed by atoms with E-state index in [1.165, 1.54) is 0 Å². The highest BCUT2D eigenvalue weighted by Gasteiger charge is 2.20. The average molecular weight is 208 g/mol. The van der Waals surface area contributed by atoms with Gasteiger partial charge >= 0.3 is 0 Å². The zero-order valence-corrected chi connectivity index (χ0v) is 9.70. The van der Waals surface area contributed by atoms with Crippen LogP contribution in [0.1, 0.15) is 43.9 Å². The van der Waals surface area contributed by atoms with E-state index in [4.69, 9.17) is 5.73 Å². The highest BCUT2D eigenvalue weighted by Crippen LogP contribution is 2.30. The molecule has 1 aromatic rings. The Hall–Kier alpha value is -1.09. The molecule has 0 aliphatic carbocycles. The topological polar surface area (TPSA) is 59.1 Å². The Bertz CT molecular complexity index is 305. The molecule has 1 aromatic heterocycles. The fraction of sp³-hybridized carbons (Fsp3) is 0.583. The summed E-state index contributed by atoms with van der Waals surface area (Å²) in [6.07, 6.45) is 3.23. The molecule has 3 nitrogen and oxygen atoms in total. The lowest BCUT2D eigenvalue weighted by molar-refractivity contribution is 0.112. The summed E-state index contributed by atoms with van der Waals surface area (Å²) < 4.78 is 0. The molecule has 2 unspecified atom stereocenters. The van der Waals surface area contributed by atoms with Gasteiger partial charge in [-0.3, -0.25) is 0 Å². The van der Waals surface area contributed by atoms with Crippen LogP contribution in [0.25, 0.3) is 0 Å². The second-order valence-corrected chi connectivity index (χ2v) is 4.14. The summed E-state index contributed by atoms with van der Waals surface area (Å²) in [6.45, 7) is 6.11. The third-order valence-corrected chi connectivity index (χ3v) is 2.82. The van der Waals surface area contributed by atoms with Gasteiger partial charge in [0.1, 0.15) is 5.82 Å². The number of hydrogen-bond acceptors (Lipinski definition) is 3. The summed E-state index contributed by atoms with van der Waals surface area (Å²) in [6, 6.07) is 1.88. The Labute approximate surface area is 91.3 Å². The Balaban J connectivity index is 2.94. The zero-order chi connectivity index (χ0) is 11.4. The summed E-state index contributed by atoms with van der Waals surface area (Å²) in [4.78, 5) is 4.02. The Kier molecular flexibility index (Phi) is 4.09. The molecule has 15 heavy (non-hydrogen) atoms. The standard InChI is InChI=1S/C12H20N2O/c1-4-5-9(3)11(15)10-8(2)6-7-14-12(10)13/h6-7,9,11,15H,4-5H2,1-3H3,(H2,13,14). The van der Waals surface area contributed by atoms with Crippen LogP contribution in [0.3, 0.4) is 0 Å². The van der Waals surface area contributed by atoms with Crippen molar-refractivity contribution in [1.29, 1.82) is 0 Å². The number of rotatable bonds is 4. The lowest BCUT2D eigenvalue weighted by Gasteiger charge is -2.21. The second-order valence-electron chi connectivity index (χ2n) is 4.14. The van der Waals surface area contributed by atoms with Crippen LogP contribution in [0.15, 0.2) is 12.3 Å². The second kappa shape index (κ2) is 5.12. The van der Waals surface area contributed by atoms with Crippen LogP contribution in [-0.4, -0.2) is 10.1 Å². The van der Waals surface area contributed by atoms with Gasteiger partial charge in [0.2, 0.25) is 0 Å². The third kappa shape index (κ3) is 2.69. The van der Waals surface area contributed by atoms with E-state index in [2.05, 4.69) is 11.9 Å². The number of pyridine rings is 1. The highest BCUT2D eigenvalue weighted by atomic mass is 16.3. The molecule has 0 spiro atoms. The fourth-order valence-electron chi connectivity index (χ4n) is 1.87. The van der Waals surface area contributed by atoms with Crippen molar-refractivity contribution in [2.24, 2.45) is 5.92 Å².